The van der Waals surface area contributed by atoms with Gasteiger partial charge in [-0.05, 0) is 18.1 Å². The number of nitrogens with zero attached hydrogens (tertiary/aromatic N) is 1. The van der Waals surface area contributed by atoms with E-state index in [0.717, 1.165) is 0 Å². The average molecular weight is 251 g/mol. The number of aliphatic carboxylic acids is 1. The van der Waals surface area contributed by atoms with E-state index in [4.69, 9.17) is 5.11 Å². The first-order chi connectivity index (χ1) is 8.61. The number of aromatic nitrogens is 1. The lowest BCUT2D eigenvalue weighted by Crippen LogP contribution is -2.33. The van der Waals surface area contributed by atoms with Crippen molar-refractivity contribution in [1.29, 1.82) is 0 Å². The van der Waals surface area contributed by atoms with E-state index in [1.807, 2.05) is 6.92 Å². The van der Waals surface area contributed by atoms with Gasteiger partial charge >= 0.3 is 12.0 Å². The third kappa shape index (κ3) is 5.29. The highest BCUT2D eigenvalue weighted by Gasteiger charge is 2.12. The van der Waals surface area contributed by atoms with Crippen molar-refractivity contribution < 1.29 is 14.7 Å². The molecule has 98 valence electrons. The maximum absolute atomic E-state index is 11.5. The van der Waals surface area contributed by atoms with Crippen LogP contribution in [0.1, 0.15) is 19.8 Å². The summed E-state index contributed by atoms with van der Waals surface area (Å²) in [7, 11) is 0. The van der Waals surface area contributed by atoms with Gasteiger partial charge in [0, 0.05) is 19.2 Å². The molecule has 0 aliphatic rings. The Balaban J connectivity index is 2.34. The number of carbonyl (C=O) groups excluding carboxylic acids is 1. The lowest BCUT2D eigenvalue weighted by molar-refractivity contribution is -0.138. The molecule has 1 aromatic rings. The van der Waals surface area contributed by atoms with Crippen LogP contribution in [0.5, 0.6) is 0 Å². The van der Waals surface area contributed by atoms with E-state index in [1.165, 1.54) is 6.20 Å². The molecule has 0 radical (unpaired) electrons. The van der Waals surface area contributed by atoms with Crippen LogP contribution in [-0.4, -0.2) is 28.6 Å². The number of rotatable bonds is 6. The highest BCUT2D eigenvalue weighted by atomic mass is 16.4. The van der Waals surface area contributed by atoms with Crippen LogP contribution in [0.3, 0.4) is 0 Å². The van der Waals surface area contributed by atoms with Gasteiger partial charge in [-0.2, -0.15) is 0 Å². The van der Waals surface area contributed by atoms with Crippen LogP contribution >= 0.6 is 0 Å². The van der Waals surface area contributed by atoms with Gasteiger partial charge in [-0.25, -0.2) is 4.79 Å². The second-order valence-corrected chi connectivity index (χ2v) is 3.95. The minimum atomic E-state index is -0.851. The molecule has 0 aromatic carbocycles. The molecule has 0 bridgehead atoms. The molecule has 1 aromatic heterocycles. The van der Waals surface area contributed by atoms with Crippen LogP contribution in [0.2, 0.25) is 0 Å². The lowest BCUT2D eigenvalue weighted by Gasteiger charge is -2.13. The Morgan fingerprint density at radius 1 is 1.50 bits per heavy atom. The number of anilines is 1. The molecule has 1 rings (SSSR count). The van der Waals surface area contributed by atoms with Gasteiger partial charge in [-0.1, -0.05) is 13.3 Å². The molecule has 0 saturated carbocycles. The summed E-state index contributed by atoms with van der Waals surface area (Å²) in [6.07, 6.45) is 3.92. The van der Waals surface area contributed by atoms with E-state index >= 15 is 0 Å². The Bertz CT molecular complexity index is 395. The quantitative estimate of drug-likeness (QED) is 0.717. The predicted octanol–water partition coefficient (Wildman–Crippen LogP) is 1.70. The largest absolute Gasteiger partial charge is 0.481 e. The number of carbonyl (C=O) groups is 2. The van der Waals surface area contributed by atoms with Crippen molar-refractivity contribution in [2.45, 2.75) is 19.8 Å². The molecule has 1 heterocycles. The molecule has 18 heavy (non-hydrogen) atoms. The van der Waals surface area contributed by atoms with E-state index in [9.17, 15) is 9.59 Å². The Morgan fingerprint density at radius 2 is 2.28 bits per heavy atom. The van der Waals surface area contributed by atoms with Crippen molar-refractivity contribution >= 4 is 17.7 Å². The zero-order valence-corrected chi connectivity index (χ0v) is 10.2. The highest BCUT2D eigenvalue weighted by Crippen LogP contribution is 2.07. The smallest absolute Gasteiger partial charge is 0.319 e. The number of urea groups is 1. The van der Waals surface area contributed by atoms with Crippen LogP contribution in [0.25, 0.3) is 0 Å². The Kier molecular flexibility index (Phi) is 5.63. The first-order valence-corrected chi connectivity index (χ1v) is 5.78. The fourth-order valence-corrected chi connectivity index (χ4v) is 1.46. The molecule has 6 nitrogen and oxygen atoms in total. The lowest BCUT2D eigenvalue weighted by atomic mass is 10.0. The molecule has 3 N–H and O–H groups in total. The molecular weight excluding hydrogens is 234 g/mol. The molecule has 6 heteroatoms. The number of carboxylic acids is 1. The number of hydrogen-bond acceptors (Lipinski definition) is 3. The molecule has 0 fully saturated rings. The Labute approximate surface area is 105 Å². The fourth-order valence-electron chi connectivity index (χ4n) is 1.46. The average Bonchev–Trinajstić information content (AvgIpc) is 2.35. The van der Waals surface area contributed by atoms with Crippen molar-refractivity contribution in [3.05, 3.63) is 24.5 Å². The normalized spacial score (nSPS) is 11.6. The van der Waals surface area contributed by atoms with Gasteiger partial charge in [0.1, 0.15) is 0 Å². The van der Waals surface area contributed by atoms with Gasteiger partial charge in [0.2, 0.25) is 0 Å². The summed E-state index contributed by atoms with van der Waals surface area (Å²) in [6, 6.07) is 3.09. The van der Waals surface area contributed by atoms with Gasteiger partial charge in [0.15, 0.2) is 0 Å². The summed E-state index contributed by atoms with van der Waals surface area (Å²) in [5.74, 6) is -0.904. The molecule has 0 saturated heterocycles. The SMILES string of the molecule is CCC(CNC(=O)Nc1cccnc1)CC(=O)O. The number of carboxylic acid groups (broad SMARTS) is 1. The number of hydrogen-bond donors (Lipinski definition) is 3. The van der Waals surface area contributed by atoms with Crippen molar-refractivity contribution in [1.82, 2.24) is 10.3 Å². The topological polar surface area (TPSA) is 91.3 Å². The van der Waals surface area contributed by atoms with E-state index in [1.54, 1.807) is 18.3 Å². The van der Waals surface area contributed by atoms with Crippen LogP contribution < -0.4 is 10.6 Å². The molecule has 0 aliphatic carbocycles. The summed E-state index contributed by atoms with van der Waals surface area (Å²) in [5, 5.41) is 13.9. The fraction of sp³-hybridized carbons (Fsp3) is 0.417. The zero-order valence-electron chi connectivity index (χ0n) is 10.2. The van der Waals surface area contributed by atoms with Crippen LogP contribution in [0, 0.1) is 5.92 Å². The summed E-state index contributed by atoms with van der Waals surface area (Å²) in [6.45, 7) is 2.24. The van der Waals surface area contributed by atoms with Crippen molar-refractivity contribution in [3.63, 3.8) is 0 Å². The summed E-state index contributed by atoms with van der Waals surface area (Å²) in [5.41, 5.74) is 0.598. The summed E-state index contributed by atoms with van der Waals surface area (Å²) in [4.78, 5) is 26.0. The van der Waals surface area contributed by atoms with E-state index in [0.29, 0.717) is 18.7 Å². The number of pyridine rings is 1. The zero-order chi connectivity index (χ0) is 13.4. The minimum absolute atomic E-state index is 0.0536. The molecule has 0 aliphatic heterocycles. The van der Waals surface area contributed by atoms with Crippen molar-refractivity contribution in [2.75, 3.05) is 11.9 Å². The molecular formula is C12H17N3O3. The maximum Gasteiger partial charge on any atom is 0.319 e. The van der Waals surface area contributed by atoms with Gasteiger partial charge in [0.25, 0.3) is 0 Å². The first kappa shape index (κ1) is 14.0. The van der Waals surface area contributed by atoms with Gasteiger partial charge in [-0.15, -0.1) is 0 Å². The monoisotopic (exact) mass is 251 g/mol. The summed E-state index contributed by atoms with van der Waals surface area (Å²) < 4.78 is 0. The number of nitrogens with one attached hydrogen (secondary N) is 2. The maximum atomic E-state index is 11.5. The molecule has 1 unspecified atom stereocenters. The van der Waals surface area contributed by atoms with Crippen LogP contribution in [-0.2, 0) is 4.79 Å². The first-order valence-electron chi connectivity index (χ1n) is 5.78. The summed E-state index contributed by atoms with van der Waals surface area (Å²) >= 11 is 0. The van der Waals surface area contributed by atoms with Gasteiger partial charge in [0.05, 0.1) is 11.9 Å². The standard InChI is InChI=1S/C12H17N3O3/c1-2-9(6-11(16)17)7-14-12(18)15-10-4-3-5-13-8-10/h3-5,8-9H,2,6-7H2,1H3,(H,16,17)(H2,14,15,18). The third-order valence-corrected chi connectivity index (χ3v) is 2.51. The van der Waals surface area contributed by atoms with Crippen LogP contribution in [0.4, 0.5) is 10.5 Å². The van der Waals surface area contributed by atoms with Gasteiger partial charge in [-0.3, -0.25) is 9.78 Å². The van der Waals surface area contributed by atoms with Crippen molar-refractivity contribution in [3.8, 4) is 0 Å². The molecule has 2 amide bonds. The second-order valence-electron chi connectivity index (χ2n) is 3.95. The van der Waals surface area contributed by atoms with E-state index in [2.05, 4.69) is 15.6 Å². The highest BCUT2D eigenvalue weighted by molar-refractivity contribution is 5.88. The van der Waals surface area contributed by atoms with Crippen LogP contribution in [0.15, 0.2) is 24.5 Å². The van der Waals surface area contributed by atoms with Gasteiger partial charge < -0.3 is 15.7 Å². The van der Waals surface area contributed by atoms with E-state index in [-0.39, 0.29) is 18.4 Å². The number of amides is 2. The van der Waals surface area contributed by atoms with E-state index < -0.39 is 5.97 Å². The Morgan fingerprint density at radius 3 is 2.83 bits per heavy atom. The molecule has 0 spiro atoms. The predicted molar refractivity (Wildman–Crippen MR) is 67.3 cm³/mol. The van der Waals surface area contributed by atoms with Crippen molar-refractivity contribution in [2.24, 2.45) is 5.92 Å². The second kappa shape index (κ2) is 7.26. The minimum Gasteiger partial charge on any atom is -0.481 e. The third-order valence-electron chi connectivity index (χ3n) is 2.51. The Hall–Kier alpha value is -2.11. The molecule has 1 atom stereocenters.